The molecule has 0 bridgehead atoms. The van der Waals surface area contributed by atoms with Crippen molar-refractivity contribution in [2.24, 2.45) is 0 Å². The van der Waals surface area contributed by atoms with Gasteiger partial charge in [-0.25, -0.2) is 0 Å². The largest absolute Gasteiger partial charge is 0.375 e. The van der Waals surface area contributed by atoms with E-state index in [-0.39, 0.29) is 6.85 Å². The lowest BCUT2D eigenvalue weighted by atomic mass is 9.44. The molecule has 9 rings (SSSR count). The van der Waals surface area contributed by atoms with Gasteiger partial charge < -0.3 is 9.38 Å². The van der Waals surface area contributed by atoms with Crippen molar-refractivity contribution < 1.29 is 0 Å². The van der Waals surface area contributed by atoms with Crippen molar-refractivity contribution in [3.05, 3.63) is 139 Å². The number of hydrogen-bond donors (Lipinski definition) is 0. The number of anilines is 3. The number of hydrogen-bond acceptors (Lipinski definition) is 2. The normalized spacial score (nSPS) is 12.8. The predicted octanol–water partition coefficient (Wildman–Crippen LogP) is 8.06. The number of nitriles is 1. The number of fused-ring (bicyclic) bond motifs is 7. The third kappa shape index (κ3) is 2.95. The molecular weight excluding hydrogens is 509 g/mol. The Morgan fingerprint density at radius 1 is 0.667 bits per heavy atom. The summed E-state index contributed by atoms with van der Waals surface area (Å²) in [4.78, 5) is 2.43. The monoisotopic (exact) mass is 533 g/mol. The summed E-state index contributed by atoms with van der Waals surface area (Å²) in [6.45, 7) is 2.28. The van der Waals surface area contributed by atoms with Crippen LogP contribution in [0.5, 0.6) is 0 Å². The van der Waals surface area contributed by atoms with Crippen LogP contribution in [0, 0.1) is 18.3 Å². The number of rotatable bonds is 2. The fourth-order valence-electron chi connectivity index (χ4n) is 7.51. The molecule has 0 saturated heterocycles. The van der Waals surface area contributed by atoms with Crippen LogP contribution >= 0.6 is 0 Å². The molecule has 3 nitrogen and oxygen atoms in total. The molecule has 2 aliphatic rings. The van der Waals surface area contributed by atoms with E-state index >= 15 is 0 Å². The quantitative estimate of drug-likeness (QED) is 0.211. The summed E-state index contributed by atoms with van der Waals surface area (Å²) in [5.74, 6) is 0. The van der Waals surface area contributed by atoms with E-state index in [0.29, 0.717) is 5.56 Å². The highest BCUT2D eigenvalue weighted by molar-refractivity contribution is 6.90. The predicted molar refractivity (Wildman–Crippen MR) is 175 cm³/mol. The molecule has 0 radical (unpaired) electrons. The molecule has 0 atom stereocenters. The molecule has 6 aromatic carbocycles. The SMILES string of the molecule is Cc1c(-c2cccc(C#N)c2)cc2c3c1-c1cccc4c5ccccc5n(c14)B3c1ccccc1N2c1ccccc1. The average Bonchev–Trinajstić information content (AvgIpc) is 3.39. The number of benzene rings is 6. The van der Waals surface area contributed by atoms with Crippen molar-refractivity contribution in [2.75, 3.05) is 4.90 Å². The highest BCUT2D eigenvalue weighted by Crippen LogP contribution is 2.48. The van der Waals surface area contributed by atoms with Crippen molar-refractivity contribution >= 4 is 56.6 Å². The maximum absolute atomic E-state index is 9.73. The Bertz CT molecular complexity index is 2290. The Labute approximate surface area is 244 Å². The number of para-hydroxylation sites is 4. The third-order valence-corrected chi connectivity index (χ3v) is 9.17. The van der Waals surface area contributed by atoms with E-state index in [1.807, 2.05) is 18.2 Å². The summed E-state index contributed by atoms with van der Waals surface area (Å²) in [5.41, 5.74) is 15.4. The molecular formula is C38H24BN3. The maximum Gasteiger partial charge on any atom is 0.333 e. The van der Waals surface area contributed by atoms with Crippen molar-refractivity contribution in [3.63, 3.8) is 0 Å². The fourth-order valence-corrected chi connectivity index (χ4v) is 7.51. The second-order valence-corrected chi connectivity index (χ2v) is 11.3. The van der Waals surface area contributed by atoms with Crippen LogP contribution in [0.3, 0.4) is 0 Å². The molecule has 0 spiro atoms. The number of nitrogens with zero attached hydrogens (tertiary/aromatic N) is 3. The van der Waals surface area contributed by atoms with Crippen molar-refractivity contribution in [1.29, 1.82) is 5.26 Å². The Balaban J connectivity index is 1.50. The molecule has 0 N–H and O–H groups in total. The van der Waals surface area contributed by atoms with Crippen LogP contribution in [0.1, 0.15) is 11.1 Å². The molecule has 0 amide bonds. The lowest BCUT2D eigenvalue weighted by molar-refractivity contribution is 1.25. The van der Waals surface area contributed by atoms with Gasteiger partial charge in [-0.1, -0.05) is 84.9 Å². The first-order valence-electron chi connectivity index (χ1n) is 14.4. The summed E-state index contributed by atoms with van der Waals surface area (Å²) in [6, 6.07) is 47.9. The summed E-state index contributed by atoms with van der Waals surface area (Å²) < 4.78 is 2.59. The van der Waals surface area contributed by atoms with E-state index in [0.717, 1.165) is 16.8 Å². The van der Waals surface area contributed by atoms with Crippen molar-refractivity contribution in [1.82, 2.24) is 4.48 Å². The molecule has 0 saturated carbocycles. The zero-order chi connectivity index (χ0) is 27.9. The molecule has 4 heteroatoms. The molecule has 0 fully saturated rings. The standard InChI is InChI=1S/C38H24BN3/c1-24-31(26-12-9-11-25(21-26)23-40)22-35-37-36(24)30-17-10-16-29-28-15-5-7-19-33(28)42(38(29)30)39(37)32-18-6-8-20-34(32)41(35)27-13-3-2-4-14-27/h2-22H,1H3. The van der Waals surface area contributed by atoms with Gasteiger partial charge in [0.15, 0.2) is 0 Å². The number of aromatic nitrogens is 1. The van der Waals surface area contributed by atoms with Gasteiger partial charge in [-0.15, -0.1) is 0 Å². The smallest absolute Gasteiger partial charge is 0.333 e. The van der Waals surface area contributed by atoms with Crippen LogP contribution in [0.25, 0.3) is 44.1 Å². The minimum Gasteiger partial charge on any atom is -0.375 e. The molecule has 0 aliphatic carbocycles. The van der Waals surface area contributed by atoms with E-state index in [9.17, 15) is 5.26 Å². The van der Waals surface area contributed by atoms with Crippen LogP contribution in [0.4, 0.5) is 17.1 Å². The topological polar surface area (TPSA) is 32.0 Å². The molecule has 1 aromatic heterocycles. The first kappa shape index (κ1) is 23.2. The third-order valence-electron chi connectivity index (χ3n) is 9.17. The van der Waals surface area contributed by atoms with Gasteiger partial charge in [0.1, 0.15) is 0 Å². The van der Waals surface area contributed by atoms with Gasteiger partial charge in [0, 0.05) is 44.4 Å². The summed E-state index contributed by atoms with van der Waals surface area (Å²) in [5, 5.41) is 12.3. The molecule has 2 aliphatic heterocycles. The van der Waals surface area contributed by atoms with E-state index in [2.05, 4.69) is 132 Å². The lowest BCUT2D eigenvalue weighted by Crippen LogP contribution is -2.56. The Kier molecular flexibility index (Phi) is 4.69. The molecule has 3 heterocycles. The maximum atomic E-state index is 9.73. The zero-order valence-electron chi connectivity index (χ0n) is 23.0. The molecule has 194 valence electrons. The minimum atomic E-state index is 0.0293. The second-order valence-electron chi connectivity index (χ2n) is 11.3. The highest BCUT2D eigenvalue weighted by atomic mass is 15.2. The fraction of sp³-hybridized carbons (Fsp3) is 0.0263. The molecule has 42 heavy (non-hydrogen) atoms. The van der Waals surface area contributed by atoms with Crippen LogP contribution in [-0.2, 0) is 0 Å². The Morgan fingerprint density at radius 3 is 2.31 bits per heavy atom. The van der Waals surface area contributed by atoms with E-state index in [1.165, 1.54) is 60.8 Å². The van der Waals surface area contributed by atoms with Crippen molar-refractivity contribution in [3.8, 4) is 28.3 Å². The second kappa shape index (κ2) is 8.49. The summed E-state index contributed by atoms with van der Waals surface area (Å²) >= 11 is 0. The first-order valence-corrected chi connectivity index (χ1v) is 14.4. The van der Waals surface area contributed by atoms with Crippen molar-refractivity contribution in [2.45, 2.75) is 6.92 Å². The van der Waals surface area contributed by atoms with Crippen LogP contribution in [0.15, 0.2) is 127 Å². The molecule has 0 unspecified atom stereocenters. The molecule has 7 aromatic rings. The van der Waals surface area contributed by atoms with Gasteiger partial charge in [-0.2, -0.15) is 5.26 Å². The van der Waals surface area contributed by atoms with Crippen LogP contribution < -0.4 is 15.8 Å². The van der Waals surface area contributed by atoms with Gasteiger partial charge in [0.2, 0.25) is 0 Å². The van der Waals surface area contributed by atoms with Gasteiger partial charge in [-0.05, 0) is 82.6 Å². The lowest BCUT2D eigenvalue weighted by Gasteiger charge is -2.41. The van der Waals surface area contributed by atoms with E-state index in [1.54, 1.807) is 0 Å². The van der Waals surface area contributed by atoms with Gasteiger partial charge in [-0.3, -0.25) is 0 Å². The zero-order valence-corrected chi connectivity index (χ0v) is 23.0. The highest BCUT2D eigenvalue weighted by Gasteiger charge is 2.43. The average molecular weight is 533 g/mol. The summed E-state index contributed by atoms with van der Waals surface area (Å²) in [7, 11) is 0. The van der Waals surface area contributed by atoms with Gasteiger partial charge >= 0.3 is 6.85 Å². The Hall–Kier alpha value is -5.53. The van der Waals surface area contributed by atoms with Gasteiger partial charge in [0.25, 0.3) is 0 Å². The van der Waals surface area contributed by atoms with Crippen LogP contribution in [0.2, 0.25) is 0 Å². The van der Waals surface area contributed by atoms with Crippen LogP contribution in [-0.4, -0.2) is 11.3 Å². The van der Waals surface area contributed by atoms with Gasteiger partial charge in [0.05, 0.1) is 11.6 Å². The van der Waals surface area contributed by atoms with E-state index < -0.39 is 0 Å². The minimum absolute atomic E-state index is 0.0293. The van der Waals surface area contributed by atoms with E-state index in [4.69, 9.17) is 0 Å². The summed E-state index contributed by atoms with van der Waals surface area (Å²) in [6.07, 6.45) is 0. The Morgan fingerprint density at radius 2 is 1.43 bits per heavy atom. The first-order chi connectivity index (χ1) is 20.7.